The van der Waals surface area contributed by atoms with Gasteiger partial charge in [-0.05, 0) is 128 Å². The van der Waals surface area contributed by atoms with Crippen LogP contribution in [0.2, 0.25) is 0 Å². The van der Waals surface area contributed by atoms with Gasteiger partial charge in [0.05, 0.1) is 6.61 Å². The zero-order chi connectivity index (χ0) is 53.4. The van der Waals surface area contributed by atoms with Crippen molar-refractivity contribution in [1.82, 2.24) is 0 Å². The van der Waals surface area contributed by atoms with Gasteiger partial charge in [-0.2, -0.15) is 0 Å². The highest BCUT2D eigenvalue weighted by atomic mass is 16.6. The minimum atomic E-state index is -0.805. The lowest BCUT2D eigenvalue weighted by atomic mass is 10.0. The third-order valence-electron chi connectivity index (χ3n) is 12.0. The molecule has 0 rings (SSSR count). The lowest BCUT2D eigenvalue weighted by Crippen LogP contribution is -2.28. The summed E-state index contributed by atoms with van der Waals surface area (Å²) in [6.07, 6.45) is 97.5. The van der Waals surface area contributed by atoms with E-state index in [2.05, 4.69) is 184 Å². The molecule has 1 unspecified atom stereocenters. The van der Waals surface area contributed by atoms with Crippen LogP contribution in [-0.4, -0.2) is 36.4 Å². The minimum absolute atomic E-state index is 0.0912. The first-order chi connectivity index (χ1) is 36.6. The van der Waals surface area contributed by atoms with Gasteiger partial charge >= 0.3 is 11.9 Å². The van der Waals surface area contributed by atoms with E-state index in [0.717, 1.165) is 135 Å². The second-order valence-electron chi connectivity index (χ2n) is 19.0. The van der Waals surface area contributed by atoms with Crippen molar-refractivity contribution < 1.29 is 24.2 Å². The van der Waals surface area contributed by atoms with Crippen LogP contribution in [0.5, 0.6) is 0 Å². The fourth-order valence-electron chi connectivity index (χ4n) is 7.63. The Balaban J connectivity index is 3.63. The first-order valence-corrected chi connectivity index (χ1v) is 29.7. The molecule has 5 heteroatoms. The van der Waals surface area contributed by atoms with Crippen LogP contribution in [0.1, 0.15) is 232 Å². The zero-order valence-electron chi connectivity index (χ0n) is 47.3. The Hall–Kier alpha value is -4.74. The van der Waals surface area contributed by atoms with E-state index in [0.29, 0.717) is 12.8 Å². The molecule has 0 radical (unpaired) electrons. The predicted molar refractivity (Wildman–Crippen MR) is 324 cm³/mol. The van der Waals surface area contributed by atoms with Gasteiger partial charge in [0.15, 0.2) is 6.10 Å². The molecule has 0 aromatic carbocycles. The summed E-state index contributed by atoms with van der Waals surface area (Å²) in [7, 11) is 0. The smallest absolute Gasteiger partial charge is 0.306 e. The fourth-order valence-corrected chi connectivity index (χ4v) is 7.63. The molecule has 0 heterocycles. The second-order valence-corrected chi connectivity index (χ2v) is 19.0. The third kappa shape index (κ3) is 59.8. The Labute approximate surface area is 455 Å². The van der Waals surface area contributed by atoms with Gasteiger partial charge in [0.25, 0.3) is 0 Å². The van der Waals surface area contributed by atoms with Crippen molar-refractivity contribution in [1.29, 1.82) is 0 Å². The number of esters is 2. The topological polar surface area (TPSA) is 72.8 Å². The summed E-state index contributed by atoms with van der Waals surface area (Å²) in [6, 6.07) is 0. The van der Waals surface area contributed by atoms with Crippen molar-refractivity contribution in [2.45, 2.75) is 238 Å². The zero-order valence-corrected chi connectivity index (χ0v) is 47.3. The summed E-state index contributed by atoms with van der Waals surface area (Å²) in [5.74, 6) is -0.641. The van der Waals surface area contributed by atoms with E-state index in [1.165, 1.54) is 70.6 Å². The molecule has 5 nitrogen and oxygen atoms in total. The Morgan fingerprint density at radius 1 is 0.311 bits per heavy atom. The maximum absolute atomic E-state index is 12.3. The number of unbranched alkanes of at least 4 members (excludes halogenated alkanes) is 16. The van der Waals surface area contributed by atoms with Gasteiger partial charge < -0.3 is 14.6 Å². The summed E-state index contributed by atoms with van der Waals surface area (Å²) in [5, 5.41) is 9.67. The van der Waals surface area contributed by atoms with Gasteiger partial charge in [-0.15, -0.1) is 0 Å². The van der Waals surface area contributed by atoms with Crippen LogP contribution in [-0.2, 0) is 19.1 Å². The molecular formula is C69H108O5. The molecular weight excluding hydrogens is 909 g/mol. The number of rotatable bonds is 52. The highest BCUT2D eigenvalue weighted by molar-refractivity contribution is 5.70. The molecule has 1 atom stereocenters. The number of hydrogen-bond acceptors (Lipinski definition) is 5. The number of carbonyl (C=O) groups is 2. The molecule has 0 bridgehead atoms. The summed E-state index contributed by atoms with van der Waals surface area (Å²) >= 11 is 0. The number of aliphatic hydroxyl groups excluding tert-OH is 1. The van der Waals surface area contributed by atoms with Gasteiger partial charge in [0.2, 0.25) is 0 Å². The number of ether oxygens (including phenoxy) is 2. The van der Waals surface area contributed by atoms with Gasteiger partial charge in [-0.1, -0.05) is 261 Å². The van der Waals surface area contributed by atoms with Crippen molar-refractivity contribution in [3.8, 4) is 0 Å². The maximum atomic E-state index is 12.3. The molecule has 0 amide bonds. The summed E-state index contributed by atoms with van der Waals surface area (Å²) in [6.45, 7) is 3.88. The third-order valence-corrected chi connectivity index (χ3v) is 12.0. The number of allylic oxidation sites excluding steroid dienone is 28. The van der Waals surface area contributed by atoms with Crippen LogP contribution >= 0.6 is 0 Å². The molecule has 1 N–H and O–H groups in total. The molecule has 0 aliphatic rings. The molecule has 0 saturated carbocycles. The van der Waals surface area contributed by atoms with E-state index in [9.17, 15) is 14.7 Å². The fraction of sp³-hybridized carbons (Fsp3) is 0.565. The average molecular weight is 1020 g/mol. The Morgan fingerprint density at radius 2 is 0.541 bits per heavy atom. The van der Waals surface area contributed by atoms with Crippen LogP contribution in [0.15, 0.2) is 170 Å². The molecule has 0 aliphatic carbocycles. The largest absolute Gasteiger partial charge is 0.462 e. The summed E-state index contributed by atoms with van der Waals surface area (Å²) < 4.78 is 10.7. The highest BCUT2D eigenvalue weighted by Gasteiger charge is 2.16. The van der Waals surface area contributed by atoms with E-state index in [1.54, 1.807) is 0 Å². The molecule has 0 saturated heterocycles. The standard InChI is InChI=1S/C69H108O5/c1-3-5-7-9-11-13-15-17-19-21-23-25-27-29-31-33-34-36-38-40-42-44-46-48-50-52-54-56-58-60-62-64-69(72)74-67(65-70)66-73-68(71)63-61-59-57-55-53-51-49-47-45-43-41-39-37-35-32-30-28-26-24-22-20-18-16-14-12-10-8-6-4-2/h5-8,11-14,17-20,23-26,29-32,34,36,40,42,46,48,52,54,67,70H,3-4,9-10,15-16,21-22,27-28,33,35,37-39,41,43-45,47,49-51,53,55-66H2,1-2H3/b7-5-,8-6-,13-11-,14-12-,19-17-,20-18-,25-23-,26-24-,31-29-,32-30-,36-34-,42-40-,48-46-,54-52-. The minimum Gasteiger partial charge on any atom is -0.462 e. The lowest BCUT2D eigenvalue weighted by Gasteiger charge is -2.15. The number of aliphatic hydroxyl groups is 1. The maximum Gasteiger partial charge on any atom is 0.306 e. The Bertz CT molecular complexity index is 1670. The van der Waals surface area contributed by atoms with E-state index in [-0.39, 0.29) is 25.2 Å². The van der Waals surface area contributed by atoms with E-state index >= 15 is 0 Å². The van der Waals surface area contributed by atoms with E-state index in [4.69, 9.17) is 9.47 Å². The number of hydrogen-bond donors (Lipinski definition) is 1. The molecule has 0 aromatic heterocycles. The normalized spacial score (nSPS) is 13.5. The van der Waals surface area contributed by atoms with Crippen molar-refractivity contribution >= 4 is 11.9 Å². The van der Waals surface area contributed by atoms with Gasteiger partial charge in [0, 0.05) is 12.8 Å². The van der Waals surface area contributed by atoms with Crippen LogP contribution in [0.3, 0.4) is 0 Å². The van der Waals surface area contributed by atoms with E-state index in [1.807, 2.05) is 0 Å². The Kier molecular flexibility index (Phi) is 58.5. The van der Waals surface area contributed by atoms with Crippen molar-refractivity contribution in [2.75, 3.05) is 13.2 Å². The molecule has 0 aliphatic heterocycles. The molecule has 0 aromatic rings. The molecule has 74 heavy (non-hydrogen) atoms. The second kappa shape index (κ2) is 62.6. The van der Waals surface area contributed by atoms with Gasteiger partial charge in [-0.3, -0.25) is 9.59 Å². The SMILES string of the molecule is CC/C=C\C/C=C\C/C=C\C/C=C\C/C=C\C/C=C\C/C=C\C/C=C\C/C=C\CCCCCC(=O)OC(CO)COC(=O)CCCCCCCCCCCCCCC/C=C\C/C=C\C/C=C\C/C=C\C/C=C\CC. The quantitative estimate of drug-likeness (QED) is 0.0373. The summed E-state index contributed by atoms with van der Waals surface area (Å²) in [5.41, 5.74) is 0. The van der Waals surface area contributed by atoms with Crippen LogP contribution in [0.4, 0.5) is 0 Å². The molecule has 414 valence electrons. The highest BCUT2D eigenvalue weighted by Crippen LogP contribution is 2.14. The van der Waals surface area contributed by atoms with Gasteiger partial charge in [-0.25, -0.2) is 0 Å². The van der Waals surface area contributed by atoms with Crippen molar-refractivity contribution in [3.63, 3.8) is 0 Å². The van der Waals surface area contributed by atoms with E-state index < -0.39 is 6.10 Å². The van der Waals surface area contributed by atoms with Crippen molar-refractivity contribution in [2.24, 2.45) is 0 Å². The summed E-state index contributed by atoms with van der Waals surface area (Å²) in [4.78, 5) is 24.6. The molecule has 0 spiro atoms. The lowest BCUT2D eigenvalue weighted by molar-refractivity contribution is -0.161. The first kappa shape index (κ1) is 69.3. The Morgan fingerprint density at radius 3 is 0.824 bits per heavy atom. The van der Waals surface area contributed by atoms with Crippen LogP contribution in [0.25, 0.3) is 0 Å². The van der Waals surface area contributed by atoms with Crippen molar-refractivity contribution in [3.05, 3.63) is 170 Å². The van der Waals surface area contributed by atoms with Gasteiger partial charge in [0.1, 0.15) is 6.61 Å². The monoisotopic (exact) mass is 1020 g/mol. The number of carbonyl (C=O) groups excluding carboxylic acids is 2. The first-order valence-electron chi connectivity index (χ1n) is 29.7. The average Bonchev–Trinajstić information content (AvgIpc) is 3.40. The van der Waals surface area contributed by atoms with Crippen LogP contribution in [0, 0.1) is 0 Å². The van der Waals surface area contributed by atoms with Crippen LogP contribution < -0.4 is 0 Å². The predicted octanol–water partition coefficient (Wildman–Crippen LogP) is 20.5. The molecule has 0 fully saturated rings.